The van der Waals surface area contributed by atoms with Crippen LogP contribution in [0, 0.1) is 11.8 Å². The number of nitrogens with zero attached hydrogens (tertiary/aromatic N) is 2. The van der Waals surface area contributed by atoms with Crippen LogP contribution >= 0.6 is 23.2 Å². The summed E-state index contributed by atoms with van der Waals surface area (Å²) in [6.45, 7) is 1.53. The molecule has 0 saturated carbocycles. The molecule has 1 N–H and O–H groups in total. The van der Waals surface area contributed by atoms with Crippen molar-refractivity contribution in [3.05, 3.63) is 73.6 Å². The number of benzene rings is 2. The Bertz CT molecular complexity index is 1330. The Morgan fingerprint density at radius 1 is 1.17 bits per heavy atom. The van der Waals surface area contributed by atoms with Crippen LogP contribution in [0.25, 0.3) is 0 Å². The van der Waals surface area contributed by atoms with E-state index in [0.29, 0.717) is 5.56 Å². The Kier molecular flexibility index (Phi) is 6.35. The van der Waals surface area contributed by atoms with Crippen molar-refractivity contribution < 1.29 is 31.2 Å². The molecule has 2 heterocycles. The van der Waals surface area contributed by atoms with E-state index in [9.17, 15) is 31.3 Å². The molecule has 8 nitrogen and oxygen atoms in total. The first-order chi connectivity index (χ1) is 16.3. The van der Waals surface area contributed by atoms with Gasteiger partial charge in [-0.15, -0.1) is 4.91 Å². The van der Waals surface area contributed by atoms with Crippen LogP contribution in [0.2, 0.25) is 10.0 Å². The Balaban J connectivity index is 1.67. The molecule has 2 aliphatic heterocycles. The Morgan fingerprint density at radius 2 is 1.80 bits per heavy atom. The molecule has 2 aromatic rings. The number of amides is 1. The summed E-state index contributed by atoms with van der Waals surface area (Å²) in [5, 5.41) is 8.65. The van der Waals surface area contributed by atoms with Crippen LogP contribution in [0.3, 0.4) is 0 Å². The molecule has 1 saturated heterocycles. The Hall–Kier alpha value is -2.70. The Morgan fingerprint density at radius 3 is 2.31 bits per heavy atom. The van der Waals surface area contributed by atoms with E-state index in [1.165, 1.54) is 31.2 Å². The number of hydrogen-bond donors (Lipinski definition) is 1. The summed E-state index contributed by atoms with van der Waals surface area (Å²) in [7, 11) is -3.14. The standard InChI is InChI=1S/C21H16Cl2F3N3O5S/c1-10-4-11(2-3-16(10)19(30)27-15-8-35(32,33)9-15)17-18(28-31)20(34-29-17,21(24,25)26)12-5-13(22)7-14(23)6-12/h2-7,15,18H,8-9H2,1H3,(H,27,30). The molecular weight excluding hydrogens is 534 g/mol. The third-order valence-electron chi connectivity index (χ3n) is 5.76. The average molecular weight is 550 g/mol. The van der Waals surface area contributed by atoms with E-state index < -0.39 is 50.9 Å². The van der Waals surface area contributed by atoms with Crippen LogP contribution in [-0.2, 0) is 20.3 Å². The van der Waals surface area contributed by atoms with Crippen molar-refractivity contribution in [2.45, 2.75) is 30.8 Å². The molecule has 1 amide bonds. The zero-order valence-electron chi connectivity index (χ0n) is 17.8. The number of carbonyl (C=O) groups excluding carboxylic acids is 1. The van der Waals surface area contributed by atoms with E-state index in [0.717, 1.165) is 12.1 Å². The van der Waals surface area contributed by atoms with Gasteiger partial charge in [0, 0.05) is 26.7 Å². The van der Waals surface area contributed by atoms with Gasteiger partial charge in [-0.3, -0.25) is 4.79 Å². The smallest absolute Gasteiger partial charge is 0.371 e. The first-order valence-electron chi connectivity index (χ1n) is 10.0. The van der Waals surface area contributed by atoms with Crippen molar-refractivity contribution in [2.24, 2.45) is 10.3 Å². The molecule has 35 heavy (non-hydrogen) atoms. The maximum absolute atomic E-state index is 14.4. The van der Waals surface area contributed by atoms with Gasteiger partial charge in [-0.1, -0.05) is 39.6 Å². The van der Waals surface area contributed by atoms with Crippen LogP contribution in [0.15, 0.2) is 46.7 Å². The molecule has 186 valence electrons. The fraction of sp³-hybridized carbons (Fsp3) is 0.333. The van der Waals surface area contributed by atoms with Gasteiger partial charge in [-0.2, -0.15) is 13.2 Å². The lowest BCUT2D eigenvalue weighted by Crippen LogP contribution is -2.53. The maximum Gasteiger partial charge on any atom is 0.438 e. The monoisotopic (exact) mass is 549 g/mol. The minimum atomic E-state index is -5.14. The average Bonchev–Trinajstić information content (AvgIpc) is 3.12. The van der Waals surface area contributed by atoms with Gasteiger partial charge in [0.2, 0.25) is 0 Å². The highest BCUT2D eigenvalue weighted by Gasteiger charge is 2.69. The number of halogens is 5. The topological polar surface area (TPSA) is 114 Å². The highest BCUT2D eigenvalue weighted by molar-refractivity contribution is 7.92. The number of oxime groups is 1. The first kappa shape index (κ1) is 25.4. The number of sulfone groups is 1. The second kappa shape index (κ2) is 8.75. The highest BCUT2D eigenvalue weighted by atomic mass is 35.5. The number of hydrogen-bond acceptors (Lipinski definition) is 7. The van der Waals surface area contributed by atoms with Crippen molar-refractivity contribution in [2.75, 3.05) is 11.5 Å². The quantitative estimate of drug-likeness (QED) is 0.562. The molecule has 2 aliphatic rings. The number of nitroso groups, excluding NO2 is 1. The van der Waals surface area contributed by atoms with Gasteiger partial charge in [-0.05, 0) is 42.8 Å². The molecule has 0 aromatic heterocycles. The van der Waals surface area contributed by atoms with E-state index in [-0.39, 0.29) is 32.7 Å². The van der Waals surface area contributed by atoms with Gasteiger partial charge in [0.15, 0.2) is 15.9 Å². The number of rotatable bonds is 5. The zero-order valence-corrected chi connectivity index (χ0v) is 20.1. The normalized spacial score (nSPS) is 23.7. The van der Waals surface area contributed by atoms with Crippen LogP contribution in [0.1, 0.15) is 27.0 Å². The van der Waals surface area contributed by atoms with E-state index in [1.54, 1.807) is 0 Å². The molecule has 14 heteroatoms. The molecule has 4 rings (SSSR count). The van der Waals surface area contributed by atoms with Crippen molar-refractivity contribution >= 4 is 44.7 Å². The summed E-state index contributed by atoms with van der Waals surface area (Å²) in [5.74, 6) is -0.866. The summed E-state index contributed by atoms with van der Waals surface area (Å²) in [6.07, 6.45) is -5.14. The van der Waals surface area contributed by atoms with Crippen molar-refractivity contribution in [3.63, 3.8) is 0 Å². The molecule has 2 aromatic carbocycles. The molecule has 0 radical (unpaired) electrons. The van der Waals surface area contributed by atoms with E-state index in [4.69, 9.17) is 28.0 Å². The summed E-state index contributed by atoms with van der Waals surface area (Å²) < 4.78 is 65.7. The first-order valence-corrected chi connectivity index (χ1v) is 12.6. The SMILES string of the molecule is Cc1cc(C2=NOC(c3cc(Cl)cc(Cl)c3)(C(F)(F)F)C2N=O)ccc1C(=O)NC1CS(=O)(=O)C1. The van der Waals surface area contributed by atoms with E-state index in [1.807, 2.05) is 0 Å². The van der Waals surface area contributed by atoms with Crippen LogP contribution in [0.4, 0.5) is 13.2 Å². The van der Waals surface area contributed by atoms with Gasteiger partial charge in [0.25, 0.3) is 11.5 Å². The largest absolute Gasteiger partial charge is 0.438 e. The highest BCUT2D eigenvalue weighted by Crippen LogP contribution is 2.51. The van der Waals surface area contributed by atoms with Gasteiger partial charge in [0.1, 0.15) is 5.71 Å². The number of carbonyl (C=O) groups is 1. The van der Waals surface area contributed by atoms with Crippen molar-refractivity contribution in [1.29, 1.82) is 0 Å². The third kappa shape index (κ3) is 4.50. The van der Waals surface area contributed by atoms with Crippen LogP contribution in [0.5, 0.6) is 0 Å². The number of alkyl halides is 3. The summed E-state index contributed by atoms with van der Waals surface area (Å²) in [5.41, 5.74) is -3.60. The fourth-order valence-electron chi connectivity index (χ4n) is 4.09. The molecule has 2 unspecified atom stereocenters. The second-order valence-electron chi connectivity index (χ2n) is 8.24. The van der Waals surface area contributed by atoms with Gasteiger partial charge >= 0.3 is 6.18 Å². The summed E-state index contributed by atoms with van der Waals surface area (Å²) >= 11 is 11.8. The minimum absolute atomic E-state index is 0.0779. The van der Waals surface area contributed by atoms with E-state index >= 15 is 0 Å². The zero-order chi connectivity index (χ0) is 25.8. The van der Waals surface area contributed by atoms with Gasteiger partial charge in [0.05, 0.1) is 17.5 Å². The number of aryl methyl sites for hydroxylation is 1. The van der Waals surface area contributed by atoms with Crippen molar-refractivity contribution in [3.8, 4) is 0 Å². The molecule has 2 atom stereocenters. The minimum Gasteiger partial charge on any atom is -0.371 e. The lowest BCUT2D eigenvalue weighted by atomic mass is 9.82. The van der Waals surface area contributed by atoms with E-state index in [2.05, 4.69) is 15.6 Å². The van der Waals surface area contributed by atoms with Crippen LogP contribution in [-0.4, -0.2) is 49.8 Å². The molecule has 1 fully saturated rings. The third-order valence-corrected chi connectivity index (χ3v) is 8.02. The lowest BCUT2D eigenvalue weighted by Gasteiger charge is -2.32. The van der Waals surface area contributed by atoms with Gasteiger partial charge in [-0.25, -0.2) is 8.42 Å². The van der Waals surface area contributed by atoms with Crippen molar-refractivity contribution in [1.82, 2.24) is 5.32 Å². The molecule has 0 spiro atoms. The molecular formula is C21H16Cl2F3N3O5S. The predicted molar refractivity (Wildman–Crippen MR) is 122 cm³/mol. The summed E-state index contributed by atoms with van der Waals surface area (Å²) in [4.78, 5) is 29.2. The lowest BCUT2D eigenvalue weighted by molar-refractivity contribution is -0.279. The number of nitrogens with one attached hydrogen (secondary N) is 1. The molecule has 0 aliphatic carbocycles. The molecule has 0 bridgehead atoms. The summed E-state index contributed by atoms with van der Waals surface area (Å²) in [6, 6.07) is 4.51. The Labute approximate surface area is 207 Å². The van der Waals surface area contributed by atoms with Crippen LogP contribution < -0.4 is 5.32 Å². The second-order valence-corrected chi connectivity index (χ2v) is 11.3. The fourth-order valence-corrected chi connectivity index (χ4v) is 5.91. The van der Waals surface area contributed by atoms with Gasteiger partial charge < -0.3 is 10.2 Å². The maximum atomic E-state index is 14.4. The predicted octanol–water partition coefficient (Wildman–Crippen LogP) is 4.16.